The summed E-state index contributed by atoms with van der Waals surface area (Å²) in [6, 6.07) is 10.5. The highest BCUT2D eigenvalue weighted by Crippen LogP contribution is 1.91. The van der Waals surface area contributed by atoms with Crippen LogP contribution in [0.2, 0.25) is 0 Å². The average molecular weight is 225 g/mol. The van der Waals surface area contributed by atoms with Gasteiger partial charge in [-0.1, -0.05) is 40.7 Å². The summed E-state index contributed by atoms with van der Waals surface area (Å²) in [5.41, 5.74) is 0. The molecule has 0 aliphatic carbocycles. The van der Waals surface area contributed by atoms with Gasteiger partial charge in [-0.2, -0.15) is 0 Å². The van der Waals surface area contributed by atoms with Gasteiger partial charge in [0.1, 0.15) is 0 Å². The second-order valence-electron chi connectivity index (χ2n) is 3.13. The van der Waals surface area contributed by atoms with Crippen molar-refractivity contribution in [1.29, 1.82) is 0 Å². The predicted molar refractivity (Wildman–Crippen MR) is 64.6 cm³/mol. The van der Waals surface area contributed by atoms with Gasteiger partial charge in [0.2, 0.25) is 0 Å². The Balaban J connectivity index is 2.33. The van der Waals surface area contributed by atoms with Crippen molar-refractivity contribution in [2.45, 2.75) is 13.8 Å². The summed E-state index contributed by atoms with van der Waals surface area (Å²) >= 11 is 0. The van der Waals surface area contributed by atoms with Crippen LogP contribution in [0.4, 0.5) is 0 Å². The molecule has 0 radical (unpaired) electrons. The van der Waals surface area contributed by atoms with Gasteiger partial charge in [0, 0.05) is 6.17 Å². The van der Waals surface area contributed by atoms with Crippen LogP contribution in [0.3, 0.4) is 0 Å². The molecule has 0 saturated heterocycles. The molecule has 3 nitrogen and oxygen atoms in total. The van der Waals surface area contributed by atoms with Crippen molar-refractivity contribution in [3.63, 3.8) is 0 Å². The van der Waals surface area contributed by atoms with Crippen LogP contribution in [0.5, 0.6) is 0 Å². The molecule has 84 valence electrons. The van der Waals surface area contributed by atoms with E-state index in [0.29, 0.717) is 13.2 Å². The average Bonchev–Trinajstić information content (AvgIpc) is 2.28. The molecule has 1 aromatic carbocycles. The summed E-state index contributed by atoms with van der Waals surface area (Å²) < 4.78 is 0. The third-order valence-corrected chi connectivity index (χ3v) is 3.61. The van der Waals surface area contributed by atoms with E-state index in [4.69, 9.17) is 9.68 Å². The minimum atomic E-state index is -0.324. The largest absolute Gasteiger partial charge is 0.275 e. The maximum atomic E-state index is 5.35. The minimum Gasteiger partial charge on any atom is -0.275 e. The molecule has 1 rings (SSSR count). The third kappa shape index (κ3) is 5.08. The summed E-state index contributed by atoms with van der Waals surface area (Å²) in [5, 5.41) is 3.06. The van der Waals surface area contributed by atoms with Gasteiger partial charge in [-0.25, -0.2) is 0 Å². The van der Waals surface area contributed by atoms with Crippen molar-refractivity contribution >= 4 is 14.7 Å². The van der Waals surface area contributed by atoms with Gasteiger partial charge in [-0.05, 0) is 13.8 Å². The first-order valence-electron chi connectivity index (χ1n) is 5.44. The highest BCUT2D eigenvalue weighted by Gasteiger charge is 2.04. The van der Waals surface area contributed by atoms with E-state index >= 15 is 0 Å². The fourth-order valence-corrected chi connectivity index (χ4v) is 2.62. The summed E-state index contributed by atoms with van der Waals surface area (Å²) in [4.78, 5) is 10.7. The van der Waals surface area contributed by atoms with Crippen LogP contribution >= 0.6 is 0 Å². The van der Waals surface area contributed by atoms with Crippen molar-refractivity contribution in [3.8, 4) is 0 Å². The smallest absolute Gasteiger partial charge is 0.0767 e. The molecule has 0 aromatic heterocycles. The van der Waals surface area contributed by atoms with E-state index in [1.54, 1.807) is 5.23 Å². The number of hydrogen-bond acceptors (Lipinski definition) is 3. The van der Waals surface area contributed by atoms with Crippen LogP contribution < -0.4 is 5.19 Å². The zero-order chi connectivity index (χ0) is 10.9. The second-order valence-corrected chi connectivity index (χ2v) is 4.89. The van der Waals surface area contributed by atoms with E-state index in [-0.39, 0.29) is 9.52 Å². The number of hydrogen-bond donors (Lipinski definition) is 0. The Morgan fingerprint density at radius 2 is 1.67 bits per heavy atom. The molecule has 0 spiro atoms. The number of benzene rings is 1. The maximum absolute atomic E-state index is 5.35. The van der Waals surface area contributed by atoms with Crippen LogP contribution in [0.25, 0.3) is 0 Å². The lowest BCUT2D eigenvalue weighted by Crippen LogP contribution is -2.33. The zero-order valence-corrected chi connectivity index (χ0v) is 10.9. The molecule has 4 heteroatoms. The van der Waals surface area contributed by atoms with Gasteiger partial charge < -0.3 is 0 Å². The first kappa shape index (κ1) is 12.4. The van der Waals surface area contributed by atoms with Crippen molar-refractivity contribution in [2.75, 3.05) is 19.4 Å². The Bertz CT molecular complexity index is 250. The standard InChI is InChI=1S/C11H19NO2Si/c1-3-13-12(14-4-2)10-15-11-8-6-5-7-9-11/h5-9H,3-4,10,15H2,1-2H3. The van der Waals surface area contributed by atoms with Gasteiger partial charge in [0.25, 0.3) is 0 Å². The topological polar surface area (TPSA) is 21.7 Å². The molecule has 1 aromatic rings. The van der Waals surface area contributed by atoms with Crippen molar-refractivity contribution < 1.29 is 9.68 Å². The Hall–Kier alpha value is -0.683. The van der Waals surface area contributed by atoms with Gasteiger partial charge in [-0.3, -0.25) is 9.68 Å². The Labute approximate surface area is 93.7 Å². The normalized spacial score (nSPS) is 11.7. The van der Waals surface area contributed by atoms with E-state index in [1.165, 1.54) is 5.19 Å². The third-order valence-electron chi connectivity index (χ3n) is 1.97. The second kappa shape index (κ2) is 7.59. The molecule has 0 unspecified atom stereocenters. The summed E-state index contributed by atoms with van der Waals surface area (Å²) in [6.07, 6.45) is 0.895. The molecule has 0 amide bonds. The lowest BCUT2D eigenvalue weighted by Gasteiger charge is -2.19. The highest BCUT2D eigenvalue weighted by atomic mass is 28.2. The van der Waals surface area contributed by atoms with Crippen LogP contribution in [0.15, 0.2) is 30.3 Å². The molecule has 15 heavy (non-hydrogen) atoms. The molecule has 0 aliphatic rings. The highest BCUT2D eigenvalue weighted by molar-refractivity contribution is 6.53. The summed E-state index contributed by atoms with van der Waals surface area (Å²) in [6.45, 7) is 5.25. The van der Waals surface area contributed by atoms with E-state index in [9.17, 15) is 0 Å². The van der Waals surface area contributed by atoms with Gasteiger partial charge in [0.05, 0.1) is 22.7 Å². The van der Waals surface area contributed by atoms with E-state index in [0.717, 1.165) is 6.17 Å². The quantitative estimate of drug-likeness (QED) is 0.502. The van der Waals surface area contributed by atoms with Gasteiger partial charge in [-0.15, -0.1) is 0 Å². The number of rotatable bonds is 7. The molecule has 0 heterocycles. The zero-order valence-electron chi connectivity index (χ0n) is 9.48. The van der Waals surface area contributed by atoms with Gasteiger partial charge in [0.15, 0.2) is 0 Å². The van der Waals surface area contributed by atoms with E-state index < -0.39 is 0 Å². The Morgan fingerprint density at radius 1 is 1.07 bits per heavy atom. The monoisotopic (exact) mass is 225 g/mol. The maximum Gasteiger partial charge on any atom is 0.0767 e. The minimum absolute atomic E-state index is 0.324. The van der Waals surface area contributed by atoms with Gasteiger partial charge >= 0.3 is 0 Å². The summed E-state index contributed by atoms with van der Waals surface area (Å²) in [7, 11) is -0.324. The van der Waals surface area contributed by atoms with Crippen molar-refractivity contribution in [2.24, 2.45) is 0 Å². The summed E-state index contributed by atoms with van der Waals surface area (Å²) in [5.74, 6) is 0. The van der Waals surface area contributed by atoms with E-state index in [1.807, 2.05) is 19.9 Å². The van der Waals surface area contributed by atoms with Crippen LogP contribution in [0, 0.1) is 0 Å². The molecular weight excluding hydrogens is 206 g/mol. The SMILES string of the molecule is CCON(C[SiH2]c1ccccc1)OCC. The molecule has 0 saturated carbocycles. The Kier molecular flexibility index (Phi) is 6.27. The first-order chi connectivity index (χ1) is 7.36. The molecule has 0 fully saturated rings. The predicted octanol–water partition coefficient (Wildman–Crippen LogP) is 0.643. The van der Waals surface area contributed by atoms with Crippen LogP contribution in [-0.4, -0.2) is 34.1 Å². The number of nitrogens with zero attached hydrogens (tertiary/aromatic N) is 1. The Morgan fingerprint density at radius 3 is 2.20 bits per heavy atom. The lowest BCUT2D eigenvalue weighted by molar-refractivity contribution is -0.355. The molecule has 0 aliphatic heterocycles. The lowest BCUT2D eigenvalue weighted by atomic mass is 10.4. The van der Waals surface area contributed by atoms with E-state index in [2.05, 4.69) is 24.3 Å². The van der Waals surface area contributed by atoms with Crippen LogP contribution in [-0.2, 0) is 9.68 Å². The van der Waals surface area contributed by atoms with Crippen molar-refractivity contribution in [1.82, 2.24) is 5.23 Å². The fourth-order valence-electron chi connectivity index (χ4n) is 1.32. The molecular formula is C11H19NO2Si. The molecule has 0 atom stereocenters. The molecule has 0 N–H and O–H groups in total. The first-order valence-corrected chi connectivity index (χ1v) is 7.14. The van der Waals surface area contributed by atoms with Crippen molar-refractivity contribution in [3.05, 3.63) is 30.3 Å². The molecule has 0 bridgehead atoms. The number of hydroxylamine groups is 2. The fraction of sp³-hybridized carbons (Fsp3) is 0.455. The van der Waals surface area contributed by atoms with Crippen LogP contribution in [0.1, 0.15) is 13.8 Å².